The third-order valence-electron chi connectivity index (χ3n) is 5.20. The van der Waals surface area contributed by atoms with E-state index in [4.69, 9.17) is 0 Å². The van der Waals surface area contributed by atoms with Gasteiger partial charge in [0.05, 0.1) is 9.81 Å². The van der Waals surface area contributed by atoms with Gasteiger partial charge in [0.25, 0.3) is 22.3 Å². The average Bonchev–Trinajstić information content (AvgIpc) is 3.23. The maximum Gasteiger partial charge on any atom is 0.293 e. The number of hydrogen-bond donors (Lipinski definition) is 1. The number of amides is 5. The molecule has 35 heavy (non-hydrogen) atoms. The molecule has 2 fully saturated rings. The highest BCUT2D eigenvalue weighted by Crippen LogP contribution is 2.34. The fraction of sp³-hybridized carbons (Fsp3) is 0.160. The Bertz CT molecular complexity index is 1280. The van der Waals surface area contributed by atoms with Crippen LogP contribution >= 0.6 is 23.5 Å². The van der Waals surface area contributed by atoms with Crippen molar-refractivity contribution in [2.75, 3.05) is 18.4 Å². The van der Waals surface area contributed by atoms with E-state index in [1.165, 1.54) is 6.92 Å². The first-order chi connectivity index (χ1) is 16.7. The van der Waals surface area contributed by atoms with Crippen molar-refractivity contribution in [2.45, 2.75) is 13.8 Å². The summed E-state index contributed by atoms with van der Waals surface area (Å²) in [5, 5.41) is 1.76. The zero-order valence-corrected chi connectivity index (χ0v) is 20.6. The van der Waals surface area contributed by atoms with E-state index in [1.54, 1.807) is 36.4 Å². The van der Waals surface area contributed by atoms with Gasteiger partial charge < -0.3 is 5.32 Å². The Labute approximate surface area is 210 Å². The van der Waals surface area contributed by atoms with E-state index in [0.29, 0.717) is 16.2 Å². The van der Waals surface area contributed by atoms with E-state index in [0.717, 1.165) is 44.5 Å². The van der Waals surface area contributed by atoms with Gasteiger partial charge in [0, 0.05) is 25.7 Å². The minimum absolute atomic E-state index is 0.0767. The van der Waals surface area contributed by atoms with E-state index in [-0.39, 0.29) is 23.9 Å². The molecule has 0 spiro atoms. The van der Waals surface area contributed by atoms with Crippen molar-refractivity contribution in [2.24, 2.45) is 0 Å². The second-order valence-corrected chi connectivity index (χ2v) is 9.87. The molecule has 8 nitrogen and oxygen atoms in total. The quantitative estimate of drug-likeness (QED) is 0.564. The third kappa shape index (κ3) is 5.72. The van der Waals surface area contributed by atoms with E-state index in [1.807, 2.05) is 31.2 Å². The van der Waals surface area contributed by atoms with Crippen LogP contribution in [0.4, 0.5) is 15.3 Å². The van der Waals surface area contributed by atoms with Crippen LogP contribution in [-0.4, -0.2) is 51.1 Å². The van der Waals surface area contributed by atoms with Crippen molar-refractivity contribution in [3.05, 3.63) is 75.0 Å². The lowest BCUT2D eigenvalue weighted by molar-refractivity contribution is -0.125. The number of nitrogens with zero attached hydrogens (tertiary/aromatic N) is 2. The van der Waals surface area contributed by atoms with E-state index in [9.17, 15) is 24.0 Å². The van der Waals surface area contributed by atoms with Crippen molar-refractivity contribution in [3.63, 3.8) is 0 Å². The van der Waals surface area contributed by atoms with Gasteiger partial charge in [-0.15, -0.1) is 0 Å². The monoisotopic (exact) mass is 507 g/mol. The first-order valence-electron chi connectivity index (χ1n) is 10.7. The molecule has 1 N–H and O–H groups in total. The maximum absolute atomic E-state index is 12.8. The minimum atomic E-state index is -0.479. The van der Waals surface area contributed by atoms with Gasteiger partial charge in [-0.3, -0.25) is 33.8 Å². The zero-order valence-electron chi connectivity index (χ0n) is 18.9. The number of hydrogen-bond acceptors (Lipinski definition) is 7. The molecule has 0 aliphatic carbocycles. The van der Waals surface area contributed by atoms with Crippen LogP contribution in [0.2, 0.25) is 0 Å². The molecule has 0 unspecified atom stereocenters. The number of aryl methyl sites for hydroxylation is 1. The highest BCUT2D eigenvalue weighted by Gasteiger charge is 2.39. The molecule has 2 aromatic rings. The van der Waals surface area contributed by atoms with Crippen molar-refractivity contribution >= 4 is 69.6 Å². The van der Waals surface area contributed by atoms with Crippen LogP contribution in [0.25, 0.3) is 12.2 Å². The summed E-state index contributed by atoms with van der Waals surface area (Å²) in [7, 11) is 0. The van der Waals surface area contributed by atoms with Crippen molar-refractivity contribution in [3.8, 4) is 0 Å². The van der Waals surface area contributed by atoms with Crippen LogP contribution in [-0.2, 0) is 14.4 Å². The van der Waals surface area contributed by atoms with Gasteiger partial charge in [-0.25, -0.2) is 0 Å². The molecule has 2 heterocycles. The van der Waals surface area contributed by atoms with E-state index in [2.05, 4.69) is 5.32 Å². The lowest BCUT2D eigenvalue weighted by atomic mass is 10.1. The highest BCUT2D eigenvalue weighted by molar-refractivity contribution is 8.18. The predicted octanol–water partition coefficient (Wildman–Crippen LogP) is 4.73. The van der Waals surface area contributed by atoms with Crippen molar-refractivity contribution < 1.29 is 24.0 Å². The average molecular weight is 508 g/mol. The molecule has 0 aromatic heterocycles. The topological polar surface area (TPSA) is 104 Å². The van der Waals surface area contributed by atoms with Crippen LogP contribution in [0.3, 0.4) is 0 Å². The molecule has 2 aliphatic rings. The van der Waals surface area contributed by atoms with Gasteiger partial charge >= 0.3 is 0 Å². The number of carbonyl (C=O) groups is 5. The molecule has 0 radical (unpaired) electrons. The van der Waals surface area contributed by atoms with Crippen molar-refractivity contribution in [1.29, 1.82) is 0 Å². The fourth-order valence-electron chi connectivity index (χ4n) is 3.42. The third-order valence-corrected chi connectivity index (χ3v) is 7.01. The van der Waals surface area contributed by atoms with Gasteiger partial charge in [-0.05, 0) is 65.9 Å². The second-order valence-electron chi connectivity index (χ2n) is 7.88. The molecular formula is C25H21N3O5S2. The molecular weight excluding hydrogens is 486 g/mol. The van der Waals surface area contributed by atoms with Crippen LogP contribution in [0.5, 0.6) is 0 Å². The number of nitrogens with one attached hydrogen (secondary N) is 1. The Hall–Kier alpha value is -3.63. The van der Waals surface area contributed by atoms with Gasteiger partial charge in [0.1, 0.15) is 0 Å². The first kappa shape index (κ1) is 24.5. The Morgan fingerprint density at radius 2 is 1.20 bits per heavy atom. The molecule has 5 amide bonds. The normalized spacial score (nSPS) is 18.3. The Kier molecular flexibility index (Phi) is 7.23. The molecule has 0 atom stereocenters. The molecule has 178 valence electrons. The van der Waals surface area contributed by atoms with Crippen LogP contribution in [0.15, 0.2) is 58.3 Å². The number of imide groups is 2. The van der Waals surface area contributed by atoms with Crippen LogP contribution in [0, 0.1) is 6.92 Å². The number of anilines is 1. The summed E-state index contributed by atoms with van der Waals surface area (Å²) in [5.74, 6) is -1.11. The Morgan fingerprint density at radius 3 is 1.63 bits per heavy atom. The van der Waals surface area contributed by atoms with Crippen LogP contribution < -0.4 is 5.32 Å². The summed E-state index contributed by atoms with van der Waals surface area (Å²) in [6.07, 6.45) is 3.25. The van der Waals surface area contributed by atoms with E-state index < -0.39 is 22.3 Å². The van der Waals surface area contributed by atoms with Gasteiger partial charge in [0.15, 0.2) is 0 Å². The number of rotatable bonds is 6. The summed E-state index contributed by atoms with van der Waals surface area (Å²) < 4.78 is 0. The number of thioether (sulfide) groups is 2. The van der Waals surface area contributed by atoms with E-state index >= 15 is 0 Å². The zero-order chi connectivity index (χ0) is 25.1. The number of benzene rings is 2. The summed E-state index contributed by atoms with van der Waals surface area (Å²) in [6, 6.07) is 14.4. The summed E-state index contributed by atoms with van der Waals surface area (Å²) >= 11 is 1.64. The minimum Gasteiger partial charge on any atom is -0.326 e. The second kappa shape index (κ2) is 10.3. The summed E-state index contributed by atoms with van der Waals surface area (Å²) in [6.45, 7) is 3.21. The lowest BCUT2D eigenvalue weighted by Crippen LogP contribution is -2.39. The number of carbonyl (C=O) groups excluding carboxylic acids is 5. The largest absolute Gasteiger partial charge is 0.326 e. The molecule has 2 aromatic carbocycles. The highest BCUT2D eigenvalue weighted by atomic mass is 32.2. The van der Waals surface area contributed by atoms with Gasteiger partial charge in [0.2, 0.25) is 5.91 Å². The molecule has 0 saturated carbocycles. The molecule has 2 aliphatic heterocycles. The van der Waals surface area contributed by atoms with Gasteiger partial charge in [-0.1, -0.05) is 42.0 Å². The van der Waals surface area contributed by atoms with Crippen molar-refractivity contribution in [1.82, 2.24) is 9.80 Å². The molecule has 2 saturated heterocycles. The standard InChI is InChI=1S/C25H21N3O5S2/c1-15-3-5-17(6-4-15)13-20-22(30)27(24(32)34-20)11-12-28-23(31)21(35-25(28)33)14-18-7-9-19(10-8-18)26-16(2)29/h3-10,13-14H,11-12H2,1-2H3,(H,26,29)/b20-13-,21-14-. The Morgan fingerprint density at radius 1 is 0.771 bits per heavy atom. The molecule has 0 bridgehead atoms. The predicted molar refractivity (Wildman–Crippen MR) is 137 cm³/mol. The maximum atomic E-state index is 12.8. The molecule has 10 heteroatoms. The fourth-order valence-corrected chi connectivity index (χ4v) is 5.15. The Balaban J connectivity index is 1.40. The SMILES string of the molecule is CC(=O)Nc1ccc(/C=C2\SC(=O)N(CCN3C(=O)S/C(=C\c4ccc(C)cc4)C3=O)C2=O)cc1. The lowest BCUT2D eigenvalue weighted by Gasteiger charge is -2.17. The summed E-state index contributed by atoms with van der Waals surface area (Å²) in [5.41, 5.74) is 3.21. The first-order valence-corrected chi connectivity index (χ1v) is 12.3. The summed E-state index contributed by atoms with van der Waals surface area (Å²) in [4.78, 5) is 64.1. The van der Waals surface area contributed by atoms with Gasteiger partial charge in [-0.2, -0.15) is 0 Å². The smallest absolute Gasteiger partial charge is 0.293 e. The molecule has 4 rings (SSSR count). The van der Waals surface area contributed by atoms with Crippen LogP contribution in [0.1, 0.15) is 23.6 Å².